The number of anilines is 3. The van der Waals surface area contributed by atoms with Crippen molar-refractivity contribution in [2.75, 3.05) is 48.7 Å². The van der Waals surface area contributed by atoms with Crippen LogP contribution in [0.4, 0.5) is 30.4 Å². The number of hydrogen-bond donors (Lipinski definition) is 3. The Morgan fingerprint density at radius 1 is 0.911 bits per heavy atom. The summed E-state index contributed by atoms with van der Waals surface area (Å²) in [5, 5.41) is 8.73. The molecule has 0 spiro atoms. The molecule has 0 saturated carbocycles. The molecule has 0 radical (unpaired) electrons. The Morgan fingerprint density at radius 3 is 2.24 bits per heavy atom. The first-order valence-corrected chi connectivity index (χ1v) is 15.1. The predicted octanol–water partition coefficient (Wildman–Crippen LogP) is 6.18. The van der Waals surface area contributed by atoms with Crippen molar-refractivity contribution in [3.8, 4) is 0 Å². The van der Waals surface area contributed by atoms with Crippen molar-refractivity contribution < 1.29 is 22.8 Å². The van der Waals surface area contributed by atoms with Gasteiger partial charge in [-0.05, 0) is 54.3 Å². The van der Waals surface area contributed by atoms with Crippen molar-refractivity contribution in [3.05, 3.63) is 76.7 Å². The maximum atomic E-state index is 14.1. The van der Waals surface area contributed by atoms with Crippen LogP contribution >= 0.6 is 0 Å². The number of alkyl halides is 3. The fourth-order valence-electron chi connectivity index (χ4n) is 5.08. The molecule has 3 aromatic rings. The number of amides is 2. The minimum atomic E-state index is -4.59. The van der Waals surface area contributed by atoms with Gasteiger partial charge in [0.15, 0.2) is 5.82 Å². The molecule has 1 aromatic heterocycles. The Hall–Kier alpha value is -4.03. The summed E-state index contributed by atoms with van der Waals surface area (Å²) >= 11 is 0. The van der Waals surface area contributed by atoms with Gasteiger partial charge < -0.3 is 20.9 Å². The lowest BCUT2D eigenvalue weighted by molar-refractivity contribution is -0.138. The highest BCUT2D eigenvalue weighted by atomic mass is 19.4. The molecule has 2 amide bonds. The normalized spacial score (nSPS) is 14.7. The molecule has 1 aliphatic rings. The zero-order valence-electron chi connectivity index (χ0n) is 26.5. The van der Waals surface area contributed by atoms with E-state index in [4.69, 9.17) is 0 Å². The van der Waals surface area contributed by atoms with Crippen molar-refractivity contribution >= 4 is 29.0 Å². The van der Waals surface area contributed by atoms with Gasteiger partial charge in [-0.3, -0.25) is 19.5 Å². The Kier molecular flexibility index (Phi) is 10.8. The van der Waals surface area contributed by atoms with E-state index in [-0.39, 0.29) is 29.0 Å². The lowest BCUT2D eigenvalue weighted by Gasteiger charge is -2.34. The third-order valence-electron chi connectivity index (χ3n) is 7.60. The molecule has 1 aliphatic heterocycles. The SMILES string of the molecule is CCN1CCN(Cc2ccc(C(=O)Nc3ccc(C)c(NCc4cnc(NC(=O)CC(C)(C)C)cn4)c3)cc2C(F)(F)F)CC1. The quantitative estimate of drug-likeness (QED) is 0.247. The molecule has 4 rings (SSSR count). The molecule has 1 fully saturated rings. The molecular weight excluding hydrogens is 583 g/mol. The number of likely N-dealkylation sites (N-methyl/N-ethyl adjacent to an activating group) is 1. The van der Waals surface area contributed by atoms with Gasteiger partial charge in [-0.2, -0.15) is 13.2 Å². The van der Waals surface area contributed by atoms with Gasteiger partial charge in [-0.1, -0.05) is 39.8 Å². The molecule has 1 saturated heterocycles. The monoisotopic (exact) mass is 625 g/mol. The van der Waals surface area contributed by atoms with E-state index in [9.17, 15) is 22.8 Å². The standard InChI is InChI=1S/C33H42F3N7O2/c1-6-42-11-13-43(14-12-42)21-24-9-8-23(15-27(24)33(34,35)36)31(45)40-25-10-7-22(2)28(16-25)38-18-26-19-39-29(20-37-26)41-30(44)17-32(3,4)5/h7-10,15-16,19-20,38H,6,11-14,17-18,21H2,1-5H3,(H,40,45)(H,39,41,44). The molecule has 9 nitrogen and oxygen atoms in total. The number of nitrogens with zero attached hydrogens (tertiary/aromatic N) is 4. The first-order valence-electron chi connectivity index (χ1n) is 15.1. The van der Waals surface area contributed by atoms with E-state index >= 15 is 0 Å². The smallest absolute Gasteiger partial charge is 0.379 e. The number of hydrogen-bond acceptors (Lipinski definition) is 7. The maximum absolute atomic E-state index is 14.1. The van der Waals surface area contributed by atoms with Crippen LogP contribution in [0.3, 0.4) is 0 Å². The van der Waals surface area contributed by atoms with Crippen molar-refractivity contribution in [1.29, 1.82) is 0 Å². The van der Waals surface area contributed by atoms with Gasteiger partial charge in [0.2, 0.25) is 5.91 Å². The minimum absolute atomic E-state index is 0.0677. The number of carbonyl (C=O) groups is 2. The van der Waals surface area contributed by atoms with Crippen molar-refractivity contribution in [2.24, 2.45) is 5.41 Å². The van der Waals surface area contributed by atoms with Crippen LogP contribution < -0.4 is 16.0 Å². The van der Waals surface area contributed by atoms with Crippen LogP contribution in [-0.4, -0.2) is 64.3 Å². The van der Waals surface area contributed by atoms with Gasteiger partial charge in [-0.15, -0.1) is 0 Å². The second kappa shape index (κ2) is 14.4. The lowest BCUT2D eigenvalue weighted by Crippen LogP contribution is -2.45. The van der Waals surface area contributed by atoms with E-state index in [0.717, 1.165) is 31.3 Å². The summed E-state index contributed by atoms with van der Waals surface area (Å²) in [6.45, 7) is 14.4. The molecule has 0 unspecified atom stereocenters. The molecule has 0 aliphatic carbocycles. The first-order chi connectivity index (χ1) is 21.2. The van der Waals surface area contributed by atoms with Gasteiger partial charge >= 0.3 is 6.18 Å². The van der Waals surface area contributed by atoms with Gasteiger partial charge in [-0.25, -0.2) is 4.98 Å². The molecule has 45 heavy (non-hydrogen) atoms. The number of carbonyl (C=O) groups excluding carboxylic acids is 2. The Labute approximate surface area is 262 Å². The van der Waals surface area contributed by atoms with Crippen LogP contribution in [0, 0.1) is 12.3 Å². The predicted molar refractivity (Wildman–Crippen MR) is 170 cm³/mol. The summed E-state index contributed by atoms with van der Waals surface area (Å²) < 4.78 is 42.2. The number of aryl methyl sites for hydroxylation is 1. The minimum Gasteiger partial charge on any atom is -0.379 e. The second-order valence-corrected chi connectivity index (χ2v) is 12.6. The van der Waals surface area contributed by atoms with Crippen LogP contribution in [0.25, 0.3) is 0 Å². The van der Waals surface area contributed by atoms with Crippen LogP contribution in [-0.2, 0) is 24.1 Å². The van der Waals surface area contributed by atoms with Crippen LogP contribution in [0.2, 0.25) is 0 Å². The largest absolute Gasteiger partial charge is 0.416 e. The Balaban J connectivity index is 1.39. The van der Waals surface area contributed by atoms with E-state index in [1.54, 1.807) is 24.4 Å². The summed E-state index contributed by atoms with van der Waals surface area (Å²) in [5.74, 6) is -0.400. The van der Waals surface area contributed by atoms with E-state index in [1.165, 1.54) is 18.3 Å². The highest BCUT2D eigenvalue weighted by Gasteiger charge is 2.34. The molecule has 2 heterocycles. The van der Waals surface area contributed by atoms with Crippen molar-refractivity contribution in [1.82, 2.24) is 19.8 Å². The van der Waals surface area contributed by atoms with Crippen molar-refractivity contribution in [2.45, 2.75) is 60.3 Å². The van der Waals surface area contributed by atoms with Crippen molar-refractivity contribution in [3.63, 3.8) is 0 Å². The molecule has 0 atom stereocenters. The van der Waals surface area contributed by atoms with E-state index in [1.807, 2.05) is 32.6 Å². The molecule has 2 aromatic carbocycles. The summed E-state index contributed by atoms with van der Waals surface area (Å²) in [5.41, 5.74) is 1.83. The van der Waals surface area contributed by atoms with Gasteiger partial charge in [0.05, 0.1) is 30.2 Å². The van der Waals surface area contributed by atoms with E-state index in [0.29, 0.717) is 48.9 Å². The van der Waals surface area contributed by atoms with Gasteiger partial charge in [0.1, 0.15) is 0 Å². The topological polar surface area (TPSA) is 102 Å². The number of benzene rings is 2. The summed E-state index contributed by atoms with van der Waals surface area (Å²) in [6.07, 6.45) is -1.17. The summed E-state index contributed by atoms with van der Waals surface area (Å²) in [4.78, 5) is 38.1. The average Bonchev–Trinajstić information content (AvgIpc) is 2.97. The number of aromatic nitrogens is 2. The summed E-state index contributed by atoms with van der Waals surface area (Å²) in [7, 11) is 0. The fraction of sp³-hybridized carbons (Fsp3) is 0.455. The third-order valence-corrected chi connectivity index (χ3v) is 7.60. The molecular formula is C33H42F3N7O2. The third kappa shape index (κ3) is 9.98. The molecule has 3 N–H and O–H groups in total. The lowest BCUT2D eigenvalue weighted by atomic mass is 9.92. The average molecular weight is 626 g/mol. The van der Waals surface area contributed by atoms with E-state index < -0.39 is 17.6 Å². The summed E-state index contributed by atoms with van der Waals surface area (Å²) in [6, 6.07) is 9.02. The van der Waals surface area contributed by atoms with Gasteiger partial charge in [0, 0.05) is 56.1 Å². The Bertz CT molecular complexity index is 1480. The molecule has 12 heteroatoms. The van der Waals surface area contributed by atoms with Crippen LogP contribution in [0.1, 0.15) is 66.9 Å². The Morgan fingerprint density at radius 2 is 1.62 bits per heavy atom. The maximum Gasteiger partial charge on any atom is 0.416 e. The zero-order chi connectivity index (χ0) is 32.8. The first kappa shape index (κ1) is 33.9. The van der Waals surface area contributed by atoms with Crippen LogP contribution in [0.15, 0.2) is 48.8 Å². The number of nitrogens with one attached hydrogen (secondary N) is 3. The fourth-order valence-corrected chi connectivity index (χ4v) is 5.08. The zero-order valence-corrected chi connectivity index (χ0v) is 26.5. The number of piperazine rings is 1. The molecule has 0 bridgehead atoms. The number of rotatable bonds is 10. The number of halogens is 3. The second-order valence-electron chi connectivity index (χ2n) is 12.6. The van der Waals surface area contributed by atoms with E-state index in [2.05, 4.69) is 37.7 Å². The van der Waals surface area contributed by atoms with Gasteiger partial charge in [0.25, 0.3) is 5.91 Å². The molecule has 242 valence electrons. The van der Waals surface area contributed by atoms with Crippen LogP contribution in [0.5, 0.6) is 0 Å². The highest BCUT2D eigenvalue weighted by molar-refractivity contribution is 6.04. The highest BCUT2D eigenvalue weighted by Crippen LogP contribution is 2.34.